The average Bonchev–Trinajstić information content (AvgIpc) is 2.54. The summed E-state index contributed by atoms with van der Waals surface area (Å²) in [5.41, 5.74) is 3.34. The van der Waals surface area contributed by atoms with Crippen LogP contribution in [0.15, 0.2) is 48.5 Å². The van der Waals surface area contributed by atoms with Gasteiger partial charge in [-0.25, -0.2) is 0 Å². The lowest BCUT2D eigenvalue weighted by Gasteiger charge is -2.20. The van der Waals surface area contributed by atoms with E-state index in [-0.39, 0.29) is 12.3 Å². The Morgan fingerprint density at radius 2 is 1.74 bits per heavy atom. The molecule has 120 valence electrons. The van der Waals surface area contributed by atoms with Crippen LogP contribution in [0.1, 0.15) is 46.4 Å². The molecule has 0 spiro atoms. The number of aryl methyl sites for hydroxylation is 2. The number of carboxylic acid groups (broad SMARTS) is 1. The Morgan fingerprint density at radius 1 is 1.09 bits per heavy atom. The van der Waals surface area contributed by atoms with Gasteiger partial charge in [-0.2, -0.15) is 0 Å². The summed E-state index contributed by atoms with van der Waals surface area (Å²) in [6.07, 6.45) is 0.600. The van der Waals surface area contributed by atoms with Gasteiger partial charge in [0.15, 0.2) is 0 Å². The maximum atomic E-state index is 12.6. The molecule has 2 rings (SSSR count). The van der Waals surface area contributed by atoms with Gasteiger partial charge in [0.05, 0.1) is 12.5 Å². The molecule has 2 aromatic carbocycles. The van der Waals surface area contributed by atoms with Crippen molar-refractivity contribution in [1.82, 2.24) is 5.32 Å². The van der Waals surface area contributed by atoms with Crippen molar-refractivity contribution in [1.29, 1.82) is 0 Å². The van der Waals surface area contributed by atoms with E-state index in [0.717, 1.165) is 23.1 Å². The van der Waals surface area contributed by atoms with Crippen LogP contribution < -0.4 is 5.32 Å². The van der Waals surface area contributed by atoms with Gasteiger partial charge >= 0.3 is 5.97 Å². The smallest absolute Gasteiger partial charge is 0.305 e. The van der Waals surface area contributed by atoms with Crippen LogP contribution in [0.5, 0.6) is 0 Å². The summed E-state index contributed by atoms with van der Waals surface area (Å²) in [4.78, 5) is 23.8. The zero-order valence-electron chi connectivity index (χ0n) is 13.4. The highest BCUT2D eigenvalue weighted by Crippen LogP contribution is 2.22. The van der Waals surface area contributed by atoms with Crippen LogP contribution in [0.2, 0.25) is 0 Å². The zero-order valence-corrected chi connectivity index (χ0v) is 13.4. The number of carbonyl (C=O) groups excluding carboxylic acids is 1. The number of amides is 1. The molecular weight excluding hydrogens is 290 g/mol. The monoisotopic (exact) mass is 311 g/mol. The summed E-state index contributed by atoms with van der Waals surface area (Å²) in [6, 6.07) is 14.4. The molecule has 1 unspecified atom stereocenters. The van der Waals surface area contributed by atoms with Gasteiger partial charge in [0.1, 0.15) is 0 Å². The van der Waals surface area contributed by atoms with E-state index in [0.29, 0.717) is 5.56 Å². The van der Waals surface area contributed by atoms with E-state index in [9.17, 15) is 9.59 Å². The third-order valence-electron chi connectivity index (χ3n) is 3.89. The molecule has 0 bridgehead atoms. The number of hydrogen-bond acceptors (Lipinski definition) is 2. The minimum atomic E-state index is -0.942. The maximum absolute atomic E-state index is 12.6. The van der Waals surface area contributed by atoms with Crippen molar-refractivity contribution in [2.75, 3.05) is 0 Å². The molecule has 4 nitrogen and oxygen atoms in total. The van der Waals surface area contributed by atoms with Gasteiger partial charge in [0.2, 0.25) is 0 Å². The number of benzene rings is 2. The molecule has 23 heavy (non-hydrogen) atoms. The Hall–Kier alpha value is -2.62. The minimum absolute atomic E-state index is 0.148. The van der Waals surface area contributed by atoms with Crippen molar-refractivity contribution in [3.05, 3.63) is 70.8 Å². The second kappa shape index (κ2) is 7.58. The van der Waals surface area contributed by atoms with E-state index in [1.165, 1.54) is 0 Å². The van der Waals surface area contributed by atoms with E-state index in [1.807, 2.05) is 56.3 Å². The first kappa shape index (κ1) is 16.7. The zero-order chi connectivity index (χ0) is 16.8. The standard InChI is InChI=1S/C19H21NO3/c1-3-14-9-5-7-11-16(14)19(23)20-17(12-18(21)22)15-10-6-4-8-13(15)2/h4-11,17H,3,12H2,1-2H3,(H,20,23)(H,21,22). The lowest BCUT2D eigenvalue weighted by molar-refractivity contribution is -0.137. The van der Waals surface area contributed by atoms with Gasteiger partial charge in [-0.1, -0.05) is 49.4 Å². The Morgan fingerprint density at radius 3 is 2.39 bits per heavy atom. The largest absolute Gasteiger partial charge is 0.481 e. The highest BCUT2D eigenvalue weighted by molar-refractivity contribution is 5.96. The lowest BCUT2D eigenvalue weighted by Crippen LogP contribution is -2.31. The number of aliphatic carboxylic acids is 1. The van der Waals surface area contributed by atoms with Crippen LogP contribution in [0.4, 0.5) is 0 Å². The van der Waals surface area contributed by atoms with Crippen LogP contribution in [-0.4, -0.2) is 17.0 Å². The van der Waals surface area contributed by atoms with Crippen LogP contribution in [-0.2, 0) is 11.2 Å². The Balaban J connectivity index is 2.29. The SMILES string of the molecule is CCc1ccccc1C(=O)NC(CC(=O)O)c1ccccc1C. The Bertz CT molecular complexity index is 709. The molecule has 0 heterocycles. The fraction of sp³-hybridized carbons (Fsp3) is 0.263. The topological polar surface area (TPSA) is 66.4 Å². The minimum Gasteiger partial charge on any atom is -0.481 e. The predicted octanol–water partition coefficient (Wildman–Crippen LogP) is 3.50. The van der Waals surface area contributed by atoms with Crippen LogP contribution in [0.25, 0.3) is 0 Å². The third kappa shape index (κ3) is 4.19. The fourth-order valence-electron chi connectivity index (χ4n) is 2.68. The molecule has 0 aliphatic carbocycles. The van der Waals surface area contributed by atoms with Gasteiger partial charge in [0, 0.05) is 5.56 Å². The molecule has 0 aliphatic heterocycles. The molecule has 0 fully saturated rings. The predicted molar refractivity (Wildman–Crippen MR) is 89.5 cm³/mol. The fourth-order valence-corrected chi connectivity index (χ4v) is 2.68. The first-order valence-electron chi connectivity index (χ1n) is 7.69. The van der Waals surface area contributed by atoms with E-state index in [1.54, 1.807) is 6.07 Å². The van der Waals surface area contributed by atoms with Crippen LogP contribution >= 0.6 is 0 Å². The second-order valence-corrected chi connectivity index (χ2v) is 5.49. The molecule has 0 aromatic heterocycles. The van der Waals surface area contributed by atoms with Crippen molar-refractivity contribution in [2.45, 2.75) is 32.7 Å². The van der Waals surface area contributed by atoms with Crippen LogP contribution in [0, 0.1) is 6.92 Å². The third-order valence-corrected chi connectivity index (χ3v) is 3.89. The summed E-state index contributed by atoms with van der Waals surface area (Å²) in [7, 11) is 0. The molecular formula is C19H21NO3. The molecule has 2 aromatic rings. The molecule has 0 saturated carbocycles. The number of hydrogen-bond donors (Lipinski definition) is 2. The number of rotatable bonds is 6. The van der Waals surface area contributed by atoms with Crippen molar-refractivity contribution in [2.24, 2.45) is 0 Å². The van der Waals surface area contributed by atoms with Gasteiger partial charge in [-0.05, 0) is 36.1 Å². The van der Waals surface area contributed by atoms with Gasteiger partial charge in [-0.3, -0.25) is 9.59 Å². The number of nitrogens with one attached hydrogen (secondary N) is 1. The maximum Gasteiger partial charge on any atom is 0.305 e. The van der Waals surface area contributed by atoms with Crippen LogP contribution in [0.3, 0.4) is 0 Å². The molecule has 0 aliphatic rings. The van der Waals surface area contributed by atoms with Gasteiger partial charge < -0.3 is 10.4 Å². The highest BCUT2D eigenvalue weighted by atomic mass is 16.4. The Kier molecular flexibility index (Phi) is 5.52. The molecule has 2 N–H and O–H groups in total. The highest BCUT2D eigenvalue weighted by Gasteiger charge is 2.21. The first-order valence-corrected chi connectivity index (χ1v) is 7.69. The molecule has 0 saturated heterocycles. The summed E-state index contributed by atoms with van der Waals surface area (Å²) in [5, 5.41) is 12.0. The van der Waals surface area contributed by atoms with Gasteiger partial charge in [-0.15, -0.1) is 0 Å². The van der Waals surface area contributed by atoms with Gasteiger partial charge in [0.25, 0.3) is 5.91 Å². The van der Waals surface area contributed by atoms with E-state index < -0.39 is 12.0 Å². The summed E-state index contributed by atoms with van der Waals surface area (Å²) in [6.45, 7) is 3.90. The summed E-state index contributed by atoms with van der Waals surface area (Å²) < 4.78 is 0. The molecule has 1 amide bonds. The quantitative estimate of drug-likeness (QED) is 0.858. The Labute approximate surface area is 136 Å². The van der Waals surface area contributed by atoms with Crippen molar-refractivity contribution >= 4 is 11.9 Å². The molecule has 4 heteroatoms. The summed E-state index contributed by atoms with van der Waals surface area (Å²) in [5.74, 6) is -1.18. The average molecular weight is 311 g/mol. The van der Waals surface area contributed by atoms with Crippen molar-refractivity contribution in [3.63, 3.8) is 0 Å². The molecule has 0 radical (unpaired) electrons. The van der Waals surface area contributed by atoms with E-state index in [2.05, 4.69) is 5.32 Å². The second-order valence-electron chi connectivity index (χ2n) is 5.49. The lowest BCUT2D eigenvalue weighted by atomic mass is 9.97. The van der Waals surface area contributed by atoms with Crippen molar-refractivity contribution in [3.8, 4) is 0 Å². The first-order chi connectivity index (χ1) is 11.0. The molecule has 1 atom stereocenters. The number of carboxylic acids is 1. The number of carbonyl (C=O) groups is 2. The van der Waals surface area contributed by atoms with E-state index >= 15 is 0 Å². The van der Waals surface area contributed by atoms with Crippen molar-refractivity contribution < 1.29 is 14.7 Å². The normalized spacial score (nSPS) is 11.7. The summed E-state index contributed by atoms with van der Waals surface area (Å²) >= 11 is 0. The van der Waals surface area contributed by atoms with E-state index in [4.69, 9.17) is 5.11 Å².